The molecule has 0 heterocycles. The van der Waals surface area contributed by atoms with Crippen molar-refractivity contribution in [1.29, 1.82) is 0 Å². The average molecular weight is 343 g/mol. The highest BCUT2D eigenvalue weighted by atomic mass is 79.9. The van der Waals surface area contributed by atoms with Gasteiger partial charge in [0.2, 0.25) is 0 Å². The minimum Gasteiger partial charge on any atom is -0.330 e. The average Bonchev–Trinajstić information content (AvgIpc) is 2.45. The van der Waals surface area contributed by atoms with Gasteiger partial charge in [-0.2, -0.15) is 0 Å². The van der Waals surface area contributed by atoms with E-state index in [-0.39, 0.29) is 11.9 Å². The smallest absolute Gasteiger partial charge is 0.129 e. The van der Waals surface area contributed by atoms with Gasteiger partial charge < -0.3 is 5.73 Å². The highest BCUT2D eigenvalue weighted by Crippen LogP contribution is 2.33. The van der Waals surface area contributed by atoms with Crippen molar-refractivity contribution < 1.29 is 4.39 Å². The Kier molecular flexibility index (Phi) is 5.58. The summed E-state index contributed by atoms with van der Waals surface area (Å²) in [6, 6.07) is 5.86. The van der Waals surface area contributed by atoms with Gasteiger partial charge in [-0.05, 0) is 51.4 Å². The molecule has 112 valence electrons. The van der Waals surface area contributed by atoms with Crippen molar-refractivity contribution in [3.05, 3.63) is 34.1 Å². The lowest BCUT2D eigenvalue weighted by atomic mass is 9.83. The quantitative estimate of drug-likeness (QED) is 0.892. The van der Waals surface area contributed by atoms with Gasteiger partial charge in [0.05, 0.1) is 0 Å². The number of hydrogen-bond donors (Lipinski definition) is 1. The first-order chi connectivity index (χ1) is 9.54. The van der Waals surface area contributed by atoms with Crippen LogP contribution >= 0.6 is 15.9 Å². The topological polar surface area (TPSA) is 29.3 Å². The first-order valence-electron chi connectivity index (χ1n) is 7.41. The van der Waals surface area contributed by atoms with Gasteiger partial charge in [-0.3, -0.25) is 4.90 Å². The molecule has 1 fully saturated rings. The lowest BCUT2D eigenvalue weighted by Gasteiger charge is -2.40. The fourth-order valence-corrected chi connectivity index (χ4v) is 3.68. The lowest BCUT2D eigenvalue weighted by molar-refractivity contribution is 0.0974. The Hall–Kier alpha value is -0.450. The van der Waals surface area contributed by atoms with Crippen molar-refractivity contribution in [2.75, 3.05) is 13.6 Å². The Bertz CT molecular complexity index is 452. The molecule has 1 aliphatic carbocycles. The third kappa shape index (κ3) is 3.41. The Morgan fingerprint density at radius 1 is 1.40 bits per heavy atom. The molecule has 1 aliphatic rings. The van der Waals surface area contributed by atoms with Crippen LogP contribution in [0.4, 0.5) is 4.39 Å². The van der Waals surface area contributed by atoms with E-state index in [1.807, 2.05) is 12.1 Å². The molecule has 3 atom stereocenters. The molecule has 0 aliphatic heterocycles. The fraction of sp³-hybridized carbons (Fsp3) is 0.625. The molecule has 2 rings (SSSR count). The van der Waals surface area contributed by atoms with E-state index in [2.05, 4.69) is 34.8 Å². The lowest BCUT2D eigenvalue weighted by Crippen LogP contribution is -2.44. The Morgan fingerprint density at radius 3 is 2.75 bits per heavy atom. The van der Waals surface area contributed by atoms with E-state index in [0.717, 1.165) is 16.6 Å². The zero-order chi connectivity index (χ0) is 14.7. The van der Waals surface area contributed by atoms with E-state index in [1.54, 1.807) is 6.07 Å². The van der Waals surface area contributed by atoms with E-state index in [9.17, 15) is 4.39 Å². The van der Waals surface area contributed by atoms with Crippen molar-refractivity contribution in [1.82, 2.24) is 4.90 Å². The van der Waals surface area contributed by atoms with Crippen molar-refractivity contribution >= 4 is 15.9 Å². The van der Waals surface area contributed by atoms with Gasteiger partial charge in [-0.1, -0.05) is 34.8 Å². The van der Waals surface area contributed by atoms with Crippen molar-refractivity contribution in [2.24, 2.45) is 11.7 Å². The number of benzene rings is 1. The molecule has 2 nitrogen and oxygen atoms in total. The largest absolute Gasteiger partial charge is 0.330 e. The van der Waals surface area contributed by atoms with E-state index in [0.29, 0.717) is 12.0 Å². The van der Waals surface area contributed by atoms with Crippen LogP contribution in [0.5, 0.6) is 0 Å². The summed E-state index contributed by atoms with van der Waals surface area (Å²) in [6.07, 6.45) is 4.89. The van der Waals surface area contributed by atoms with Crippen molar-refractivity contribution in [3.63, 3.8) is 0 Å². The van der Waals surface area contributed by atoms with Crippen LogP contribution < -0.4 is 5.73 Å². The molecule has 0 spiro atoms. The Morgan fingerprint density at radius 2 is 2.10 bits per heavy atom. The minimum atomic E-state index is -0.140. The third-order valence-corrected chi connectivity index (χ3v) is 5.21. The molecule has 4 heteroatoms. The molecule has 0 aromatic heterocycles. The summed E-state index contributed by atoms with van der Waals surface area (Å²) in [7, 11) is 2.10. The summed E-state index contributed by atoms with van der Waals surface area (Å²) in [5, 5.41) is 0. The van der Waals surface area contributed by atoms with Gasteiger partial charge in [0, 0.05) is 22.1 Å². The summed E-state index contributed by atoms with van der Waals surface area (Å²) in [5.74, 6) is 0.397. The highest BCUT2D eigenvalue weighted by molar-refractivity contribution is 9.10. The van der Waals surface area contributed by atoms with E-state index >= 15 is 0 Å². The maximum absolute atomic E-state index is 14.1. The number of nitrogens with zero attached hydrogens (tertiary/aromatic N) is 1. The van der Waals surface area contributed by atoms with Crippen LogP contribution in [0.1, 0.15) is 44.2 Å². The summed E-state index contributed by atoms with van der Waals surface area (Å²) < 4.78 is 14.9. The van der Waals surface area contributed by atoms with E-state index < -0.39 is 0 Å². The summed E-state index contributed by atoms with van der Waals surface area (Å²) in [4.78, 5) is 2.31. The molecule has 0 amide bonds. The summed E-state index contributed by atoms with van der Waals surface area (Å²) in [6.45, 7) is 2.80. The van der Waals surface area contributed by atoms with Gasteiger partial charge in [0.25, 0.3) is 0 Å². The first-order valence-corrected chi connectivity index (χ1v) is 8.20. The Labute approximate surface area is 129 Å². The van der Waals surface area contributed by atoms with Crippen LogP contribution in [-0.4, -0.2) is 24.5 Å². The molecule has 0 radical (unpaired) electrons. The first kappa shape index (κ1) is 15.9. The maximum Gasteiger partial charge on any atom is 0.129 e. The second kappa shape index (κ2) is 7.01. The molecular formula is C16H24BrFN2. The fourth-order valence-electron chi connectivity index (χ4n) is 3.35. The molecular weight excluding hydrogens is 319 g/mol. The molecule has 3 unspecified atom stereocenters. The van der Waals surface area contributed by atoms with Crippen molar-refractivity contribution in [2.45, 2.75) is 44.7 Å². The van der Waals surface area contributed by atoms with Crippen LogP contribution in [0, 0.1) is 11.7 Å². The SMILES string of the molecule is CC(c1ccc(Br)cc1F)N(C)C1CCCCC1CN. The van der Waals surface area contributed by atoms with Crippen LogP contribution in [0.15, 0.2) is 22.7 Å². The molecule has 20 heavy (non-hydrogen) atoms. The number of hydrogen-bond acceptors (Lipinski definition) is 2. The molecule has 0 bridgehead atoms. The second-order valence-electron chi connectivity index (χ2n) is 5.85. The number of halogens is 2. The zero-order valence-electron chi connectivity index (χ0n) is 12.3. The minimum absolute atomic E-state index is 0.0697. The maximum atomic E-state index is 14.1. The zero-order valence-corrected chi connectivity index (χ0v) is 13.9. The molecule has 1 saturated carbocycles. The monoisotopic (exact) mass is 342 g/mol. The van der Waals surface area contributed by atoms with Crippen LogP contribution in [0.25, 0.3) is 0 Å². The van der Waals surface area contributed by atoms with Gasteiger partial charge in [0.1, 0.15) is 5.82 Å². The summed E-state index contributed by atoms with van der Waals surface area (Å²) in [5.41, 5.74) is 6.67. The van der Waals surface area contributed by atoms with Gasteiger partial charge in [-0.25, -0.2) is 4.39 Å². The number of rotatable bonds is 4. The normalized spacial score (nSPS) is 24.9. The highest BCUT2D eigenvalue weighted by Gasteiger charge is 2.30. The molecule has 2 N–H and O–H groups in total. The molecule has 1 aromatic rings. The Balaban J connectivity index is 2.16. The summed E-state index contributed by atoms with van der Waals surface area (Å²) >= 11 is 3.31. The van der Waals surface area contributed by atoms with E-state index in [1.165, 1.54) is 25.7 Å². The van der Waals surface area contributed by atoms with Crippen LogP contribution in [0.3, 0.4) is 0 Å². The van der Waals surface area contributed by atoms with Gasteiger partial charge >= 0.3 is 0 Å². The standard InChI is InChI=1S/C16H24BrFN2/c1-11(14-8-7-13(17)9-15(14)18)20(2)16-6-4-3-5-12(16)10-19/h7-9,11-12,16H,3-6,10,19H2,1-2H3. The second-order valence-corrected chi connectivity index (χ2v) is 6.77. The predicted octanol–water partition coefficient (Wildman–Crippen LogP) is 4.10. The third-order valence-electron chi connectivity index (χ3n) is 4.72. The van der Waals surface area contributed by atoms with Crippen molar-refractivity contribution in [3.8, 4) is 0 Å². The molecule has 0 saturated heterocycles. The van der Waals surface area contributed by atoms with Gasteiger partial charge in [-0.15, -0.1) is 0 Å². The van der Waals surface area contributed by atoms with Gasteiger partial charge in [0.15, 0.2) is 0 Å². The van der Waals surface area contributed by atoms with E-state index in [4.69, 9.17) is 5.73 Å². The van der Waals surface area contributed by atoms with Crippen LogP contribution in [0.2, 0.25) is 0 Å². The van der Waals surface area contributed by atoms with Crippen LogP contribution in [-0.2, 0) is 0 Å². The molecule has 1 aromatic carbocycles. The number of nitrogens with two attached hydrogens (primary N) is 1. The predicted molar refractivity (Wildman–Crippen MR) is 85.1 cm³/mol.